The molecule has 2 heterocycles. The van der Waals surface area contributed by atoms with Crippen LogP contribution in [0.1, 0.15) is 15.9 Å². The normalized spacial score (nSPS) is 10.9. The van der Waals surface area contributed by atoms with Crippen LogP contribution in [0.25, 0.3) is 10.9 Å². The zero-order chi connectivity index (χ0) is 22.1. The van der Waals surface area contributed by atoms with Crippen LogP contribution < -0.4 is 5.32 Å². The molecule has 156 valence electrons. The predicted octanol–water partition coefficient (Wildman–Crippen LogP) is 4.97. The molecule has 0 unspecified atom stereocenters. The first kappa shape index (κ1) is 21.1. The summed E-state index contributed by atoms with van der Waals surface area (Å²) in [6.45, 7) is 0.219. The van der Waals surface area contributed by atoms with E-state index in [-0.39, 0.29) is 28.8 Å². The Balaban J connectivity index is 1.78. The first-order chi connectivity index (χ1) is 14.8. The summed E-state index contributed by atoms with van der Waals surface area (Å²) in [5.41, 5.74) is 1.22. The maximum Gasteiger partial charge on any atom is 0.298 e. The highest BCUT2D eigenvalue weighted by Gasteiger charge is 2.27. The molecule has 0 atom stereocenters. The molecule has 4 aromatic rings. The van der Waals surface area contributed by atoms with Gasteiger partial charge in [-0.25, -0.2) is 9.97 Å². The maximum atomic E-state index is 13.0. The van der Waals surface area contributed by atoms with Crippen LogP contribution >= 0.6 is 34.8 Å². The molecular formula is C21H13Cl3N4O3. The molecule has 0 aliphatic carbocycles. The van der Waals surface area contributed by atoms with E-state index < -0.39 is 11.7 Å². The highest BCUT2D eigenvalue weighted by Crippen LogP contribution is 2.34. The van der Waals surface area contributed by atoms with E-state index >= 15 is 0 Å². The summed E-state index contributed by atoms with van der Waals surface area (Å²) >= 11 is 18.8. The molecule has 0 radical (unpaired) electrons. The Bertz CT molecular complexity index is 1320. The lowest BCUT2D eigenvalue weighted by atomic mass is 10.1. The SMILES string of the molecule is O=C(Nc1ccncn1)C(=O)c1c(Cl)n(Cc2ccc(Cl)cc2Cl)c2ccc(O)cc12. The molecule has 0 aliphatic rings. The number of benzene rings is 2. The van der Waals surface area contributed by atoms with Gasteiger partial charge in [-0.05, 0) is 42.0 Å². The monoisotopic (exact) mass is 474 g/mol. The molecule has 0 saturated carbocycles. The first-order valence-corrected chi connectivity index (χ1v) is 10.0. The van der Waals surface area contributed by atoms with E-state index in [1.165, 1.54) is 30.7 Å². The molecule has 31 heavy (non-hydrogen) atoms. The number of phenolic OH excluding ortho intramolecular Hbond substituents is 1. The number of Topliss-reactive ketones (excluding diaryl/α,β-unsaturated/α-hetero) is 1. The standard InChI is InChI=1S/C21H13Cl3N4O3/c22-12-2-1-11(15(23)7-12)9-28-16-4-3-13(29)8-14(16)18(20(28)24)19(30)21(31)27-17-5-6-25-10-26-17/h1-8,10,29H,9H2,(H,25,26,27,31). The Labute approximate surface area is 191 Å². The predicted molar refractivity (Wildman–Crippen MR) is 119 cm³/mol. The minimum atomic E-state index is -0.924. The Morgan fingerprint density at radius 1 is 1.06 bits per heavy atom. The topological polar surface area (TPSA) is 97.1 Å². The van der Waals surface area contributed by atoms with E-state index in [0.29, 0.717) is 26.5 Å². The average Bonchev–Trinajstić information content (AvgIpc) is 3.00. The second-order valence-electron chi connectivity index (χ2n) is 6.57. The summed E-state index contributed by atoms with van der Waals surface area (Å²) in [6, 6.07) is 10.9. The highest BCUT2D eigenvalue weighted by atomic mass is 35.5. The van der Waals surface area contributed by atoms with Gasteiger partial charge in [0.05, 0.1) is 17.6 Å². The van der Waals surface area contributed by atoms with E-state index in [9.17, 15) is 14.7 Å². The van der Waals surface area contributed by atoms with E-state index in [4.69, 9.17) is 34.8 Å². The van der Waals surface area contributed by atoms with Crippen molar-refractivity contribution in [3.63, 3.8) is 0 Å². The van der Waals surface area contributed by atoms with Gasteiger partial charge in [-0.3, -0.25) is 9.59 Å². The number of carbonyl (C=O) groups excluding carboxylic acids is 2. The van der Waals surface area contributed by atoms with Crippen molar-refractivity contribution in [1.29, 1.82) is 0 Å². The number of aromatic hydroxyl groups is 1. The number of amides is 1. The molecule has 2 N–H and O–H groups in total. The Hall–Kier alpha value is -3.13. The minimum absolute atomic E-state index is 0.0365. The number of fused-ring (bicyclic) bond motifs is 1. The smallest absolute Gasteiger partial charge is 0.298 e. The lowest BCUT2D eigenvalue weighted by Crippen LogP contribution is -2.23. The van der Waals surface area contributed by atoms with Gasteiger partial charge in [0.25, 0.3) is 11.7 Å². The van der Waals surface area contributed by atoms with Gasteiger partial charge >= 0.3 is 0 Å². The molecule has 0 saturated heterocycles. The molecule has 0 bridgehead atoms. The summed E-state index contributed by atoms with van der Waals surface area (Å²) in [5.74, 6) is -1.70. The fourth-order valence-corrected chi connectivity index (χ4v) is 3.96. The van der Waals surface area contributed by atoms with Crippen LogP contribution in [0.2, 0.25) is 15.2 Å². The van der Waals surface area contributed by atoms with Gasteiger partial charge < -0.3 is 15.0 Å². The molecule has 10 heteroatoms. The van der Waals surface area contributed by atoms with Crippen LogP contribution in [0.4, 0.5) is 5.82 Å². The molecule has 0 spiro atoms. The van der Waals surface area contributed by atoms with Crippen LogP contribution in [0.3, 0.4) is 0 Å². The molecule has 0 aliphatic heterocycles. The number of phenols is 1. The molecule has 2 aromatic carbocycles. The number of nitrogens with zero attached hydrogens (tertiary/aromatic N) is 3. The Morgan fingerprint density at radius 2 is 1.87 bits per heavy atom. The summed E-state index contributed by atoms with van der Waals surface area (Å²) in [4.78, 5) is 33.2. The van der Waals surface area contributed by atoms with Crippen molar-refractivity contribution in [2.24, 2.45) is 0 Å². The van der Waals surface area contributed by atoms with E-state index in [1.807, 2.05) is 0 Å². The highest BCUT2D eigenvalue weighted by molar-refractivity contribution is 6.51. The fraction of sp³-hybridized carbons (Fsp3) is 0.0476. The van der Waals surface area contributed by atoms with E-state index in [1.54, 1.807) is 28.8 Å². The number of hydrogen-bond acceptors (Lipinski definition) is 5. The number of halogens is 3. The Morgan fingerprint density at radius 3 is 2.58 bits per heavy atom. The number of carbonyl (C=O) groups is 2. The van der Waals surface area contributed by atoms with Crippen molar-refractivity contribution in [2.75, 3.05) is 5.32 Å². The van der Waals surface area contributed by atoms with Crippen LogP contribution in [0.5, 0.6) is 5.75 Å². The number of aromatic nitrogens is 3. The number of rotatable bonds is 5. The molecule has 1 amide bonds. The quantitative estimate of drug-likeness (QED) is 0.314. The van der Waals surface area contributed by atoms with Crippen LogP contribution in [-0.2, 0) is 11.3 Å². The molecule has 7 nitrogen and oxygen atoms in total. The summed E-state index contributed by atoms with van der Waals surface area (Å²) < 4.78 is 1.64. The maximum absolute atomic E-state index is 13.0. The summed E-state index contributed by atoms with van der Waals surface area (Å²) in [5, 5.41) is 13.7. The third kappa shape index (κ3) is 4.20. The molecule has 4 rings (SSSR count). The van der Waals surface area contributed by atoms with Gasteiger partial charge in [0.2, 0.25) is 0 Å². The zero-order valence-corrected chi connectivity index (χ0v) is 17.9. The molecular weight excluding hydrogens is 463 g/mol. The second kappa shape index (κ2) is 8.55. The number of hydrogen-bond donors (Lipinski definition) is 2. The average molecular weight is 476 g/mol. The molecule has 2 aromatic heterocycles. The lowest BCUT2D eigenvalue weighted by Gasteiger charge is -2.10. The number of ketones is 1. The second-order valence-corrected chi connectivity index (χ2v) is 7.77. The molecule has 0 fully saturated rings. The number of nitrogens with one attached hydrogen (secondary N) is 1. The van der Waals surface area contributed by atoms with Gasteiger partial charge in [-0.2, -0.15) is 0 Å². The van der Waals surface area contributed by atoms with Crippen molar-refractivity contribution in [3.05, 3.63) is 81.3 Å². The van der Waals surface area contributed by atoms with E-state index in [2.05, 4.69) is 15.3 Å². The van der Waals surface area contributed by atoms with Gasteiger partial charge in [0, 0.05) is 21.6 Å². The lowest BCUT2D eigenvalue weighted by molar-refractivity contribution is -0.112. The zero-order valence-electron chi connectivity index (χ0n) is 15.6. The van der Waals surface area contributed by atoms with Crippen molar-refractivity contribution in [2.45, 2.75) is 6.54 Å². The van der Waals surface area contributed by atoms with E-state index in [0.717, 1.165) is 0 Å². The third-order valence-electron chi connectivity index (χ3n) is 4.58. The van der Waals surface area contributed by atoms with Gasteiger partial charge in [-0.1, -0.05) is 40.9 Å². The van der Waals surface area contributed by atoms with Crippen LogP contribution in [0, 0.1) is 0 Å². The van der Waals surface area contributed by atoms with Gasteiger partial charge in [-0.15, -0.1) is 0 Å². The summed E-state index contributed by atoms with van der Waals surface area (Å²) in [7, 11) is 0. The first-order valence-electron chi connectivity index (χ1n) is 8.91. The third-order valence-corrected chi connectivity index (χ3v) is 5.56. The van der Waals surface area contributed by atoms with Gasteiger partial charge in [0.1, 0.15) is 23.0 Å². The van der Waals surface area contributed by atoms with Crippen molar-refractivity contribution < 1.29 is 14.7 Å². The fourth-order valence-electron chi connectivity index (χ4n) is 3.15. The largest absolute Gasteiger partial charge is 0.508 e. The minimum Gasteiger partial charge on any atom is -0.508 e. The van der Waals surface area contributed by atoms with Crippen molar-refractivity contribution in [3.8, 4) is 5.75 Å². The van der Waals surface area contributed by atoms with Crippen LogP contribution in [-0.4, -0.2) is 31.3 Å². The Kier molecular flexibility index (Phi) is 5.82. The van der Waals surface area contributed by atoms with Gasteiger partial charge in [0.15, 0.2) is 0 Å². The summed E-state index contributed by atoms with van der Waals surface area (Å²) in [6.07, 6.45) is 2.67. The van der Waals surface area contributed by atoms with Crippen molar-refractivity contribution in [1.82, 2.24) is 14.5 Å². The van der Waals surface area contributed by atoms with Crippen LogP contribution in [0.15, 0.2) is 55.0 Å². The number of anilines is 1. The van der Waals surface area contributed by atoms with Crippen molar-refractivity contribution >= 4 is 63.2 Å².